The van der Waals surface area contributed by atoms with Gasteiger partial charge in [0.2, 0.25) is 5.91 Å². The second kappa shape index (κ2) is 8.24. The molecule has 31 heavy (non-hydrogen) atoms. The summed E-state index contributed by atoms with van der Waals surface area (Å²) in [6, 6.07) is 13.4. The number of aromatic nitrogens is 3. The average molecular weight is 455 g/mol. The molecule has 160 valence electrons. The molecule has 0 aliphatic carbocycles. The molecule has 2 aromatic heterocycles. The molecule has 1 N–H and O–H groups in total. The maximum absolute atomic E-state index is 12.8. The molecule has 0 fully saturated rings. The molecule has 0 atom stereocenters. The molecule has 0 spiro atoms. The molecule has 4 rings (SSSR count). The largest absolute Gasteiger partial charge is 0.318 e. The Morgan fingerprint density at radius 3 is 2.65 bits per heavy atom. The lowest BCUT2D eigenvalue weighted by molar-refractivity contribution is -0.116. The Bertz CT molecular complexity index is 1390. The van der Waals surface area contributed by atoms with Gasteiger partial charge in [0.05, 0.1) is 16.7 Å². The molecule has 0 aliphatic heterocycles. The minimum Gasteiger partial charge on any atom is -0.318 e. The number of amides is 1. The molecule has 2 aromatic carbocycles. The van der Waals surface area contributed by atoms with E-state index in [2.05, 4.69) is 21.4 Å². The van der Waals surface area contributed by atoms with E-state index in [0.29, 0.717) is 22.0 Å². The number of rotatable bonds is 6. The third-order valence-corrected chi connectivity index (χ3v) is 6.38. The van der Waals surface area contributed by atoms with Crippen molar-refractivity contribution in [2.45, 2.75) is 26.1 Å². The van der Waals surface area contributed by atoms with Crippen LogP contribution in [0.4, 0.5) is 5.13 Å². The second-order valence-electron chi connectivity index (χ2n) is 7.58. The van der Waals surface area contributed by atoms with Gasteiger partial charge in [-0.15, -0.1) is 11.3 Å². The number of aryl methyl sites for hydroxylation is 2. The predicted octanol–water partition coefficient (Wildman–Crippen LogP) is 3.96. The van der Waals surface area contributed by atoms with E-state index in [0.717, 1.165) is 23.1 Å². The highest BCUT2D eigenvalue weighted by molar-refractivity contribution is 7.89. The lowest BCUT2D eigenvalue weighted by Gasteiger charge is -2.08. The third-order valence-electron chi connectivity index (χ3n) is 4.84. The predicted molar refractivity (Wildman–Crippen MR) is 124 cm³/mol. The van der Waals surface area contributed by atoms with Crippen LogP contribution >= 0.6 is 11.3 Å². The van der Waals surface area contributed by atoms with Crippen LogP contribution in [-0.4, -0.2) is 35.1 Å². The van der Waals surface area contributed by atoms with E-state index in [-0.39, 0.29) is 18.2 Å². The van der Waals surface area contributed by atoms with Gasteiger partial charge in [-0.3, -0.25) is 4.79 Å². The number of nitrogens with one attached hydrogen (secondary N) is 1. The van der Waals surface area contributed by atoms with Crippen LogP contribution in [0.2, 0.25) is 0 Å². The zero-order valence-electron chi connectivity index (χ0n) is 17.4. The highest BCUT2D eigenvalue weighted by Gasteiger charge is 2.18. The Labute approximate surface area is 184 Å². The summed E-state index contributed by atoms with van der Waals surface area (Å²) in [6.07, 6.45) is 1.15. The van der Waals surface area contributed by atoms with E-state index in [1.807, 2.05) is 49.6 Å². The van der Waals surface area contributed by atoms with Crippen molar-refractivity contribution in [1.29, 1.82) is 0 Å². The van der Waals surface area contributed by atoms with Gasteiger partial charge in [0.25, 0.3) is 0 Å². The number of imidazole rings is 1. The van der Waals surface area contributed by atoms with Crippen molar-refractivity contribution >= 4 is 43.2 Å². The van der Waals surface area contributed by atoms with Crippen molar-refractivity contribution < 1.29 is 13.2 Å². The molecule has 0 saturated carbocycles. The average Bonchev–Trinajstić information content (AvgIpc) is 3.25. The van der Waals surface area contributed by atoms with Gasteiger partial charge in [0, 0.05) is 17.2 Å². The third kappa shape index (κ3) is 4.83. The van der Waals surface area contributed by atoms with Gasteiger partial charge in [-0.25, -0.2) is 18.4 Å². The van der Waals surface area contributed by atoms with Gasteiger partial charge in [0.15, 0.2) is 15.0 Å². The Morgan fingerprint density at radius 2 is 1.90 bits per heavy atom. The summed E-state index contributed by atoms with van der Waals surface area (Å²) in [6.45, 7) is 4.03. The Balaban J connectivity index is 1.56. The lowest BCUT2D eigenvalue weighted by atomic mass is 10.0. The summed E-state index contributed by atoms with van der Waals surface area (Å²) in [5, 5.41) is 5.23. The van der Waals surface area contributed by atoms with Crippen LogP contribution < -0.4 is 5.32 Å². The monoisotopic (exact) mass is 454 g/mol. The maximum Gasteiger partial charge on any atom is 0.246 e. The first-order valence-corrected chi connectivity index (χ1v) is 12.6. The molecule has 0 aliphatic rings. The summed E-state index contributed by atoms with van der Waals surface area (Å²) in [7, 11) is -3.30. The van der Waals surface area contributed by atoms with Crippen LogP contribution in [-0.2, 0) is 26.9 Å². The zero-order chi connectivity index (χ0) is 22.2. The number of sulfone groups is 1. The maximum atomic E-state index is 12.8. The lowest BCUT2D eigenvalue weighted by Crippen LogP contribution is -2.21. The fraction of sp³-hybridized carbons (Fsp3) is 0.227. The SMILES string of the molecule is Cc1ccc(-c2csc(NC(=O)Cn3c(CS(C)(=O)=O)nc4ccccc43)n2)c(C)c1. The minimum atomic E-state index is -3.30. The number of carbonyl (C=O) groups excluding carboxylic acids is 1. The number of nitrogens with zero attached hydrogens (tertiary/aromatic N) is 3. The number of benzene rings is 2. The highest BCUT2D eigenvalue weighted by Crippen LogP contribution is 2.28. The van der Waals surface area contributed by atoms with Gasteiger partial charge in [-0.05, 0) is 31.5 Å². The van der Waals surface area contributed by atoms with Crippen LogP contribution in [0, 0.1) is 13.8 Å². The quantitative estimate of drug-likeness (QED) is 0.476. The highest BCUT2D eigenvalue weighted by atomic mass is 32.2. The van der Waals surface area contributed by atoms with Crippen molar-refractivity contribution in [3.05, 3.63) is 64.8 Å². The van der Waals surface area contributed by atoms with Gasteiger partial charge >= 0.3 is 0 Å². The first kappa shape index (κ1) is 21.2. The van der Waals surface area contributed by atoms with Crippen LogP contribution in [0.5, 0.6) is 0 Å². The number of anilines is 1. The minimum absolute atomic E-state index is 0.0517. The van der Waals surface area contributed by atoms with Crippen molar-refractivity contribution in [1.82, 2.24) is 14.5 Å². The van der Waals surface area contributed by atoms with E-state index < -0.39 is 9.84 Å². The van der Waals surface area contributed by atoms with Gasteiger partial charge in [0.1, 0.15) is 18.1 Å². The molecular weight excluding hydrogens is 432 g/mol. The van der Waals surface area contributed by atoms with Crippen LogP contribution in [0.3, 0.4) is 0 Å². The number of carbonyl (C=O) groups is 1. The second-order valence-corrected chi connectivity index (χ2v) is 10.6. The fourth-order valence-electron chi connectivity index (χ4n) is 3.50. The van der Waals surface area contributed by atoms with E-state index in [4.69, 9.17) is 0 Å². The molecule has 0 unspecified atom stereocenters. The van der Waals surface area contributed by atoms with E-state index in [1.54, 1.807) is 10.6 Å². The Hall–Kier alpha value is -3.04. The zero-order valence-corrected chi connectivity index (χ0v) is 19.0. The molecule has 0 bridgehead atoms. The van der Waals surface area contributed by atoms with Gasteiger partial charge < -0.3 is 9.88 Å². The molecular formula is C22H22N4O3S2. The standard InChI is InChI=1S/C22H22N4O3S2/c1-14-8-9-16(15(2)10-14)18-12-30-22(24-18)25-21(27)11-26-19-7-5-4-6-17(19)23-20(26)13-31(3,28)29/h4-10,12H,11,13H2,1-3H3,(H,24,25,27). The van der Waals surface area contributed by atoms with Gasteiger partial charge in [-0.2, -0.15) is 0 Å². The first-order valence-electron chi connectivity index (χ1n) is 9.64. The number of para-hydroxylation sites is 2. The summed E-state index contributed by atoms with van der Waals surface area (Å²) >= 11 is 1.35. The molecule has 9 heteroatoms. The number of thiazole rings is 1. The molecule has 4 aromatic rings. The van der Waals surface area contributed by atoms with E-state index in [1.165, 1.54) is 16.9 Å². The molecule has 0 radical (unpaired) electrons. The van der Waals surface area contributed by atoms with Crippen molar-refractivity contribution in [3.63, 3.8) is 0 Å². The van der Waals surface area contributed by atoms with E-state index in [9.17, 15) is 13.2 Å². The van der Waals surface area contributed by atoms with Crippen molar-refractivity contribution in [2.75, 3.05) is 11.6 Å². The normalized spacial score (nSPS) is 11.7. The number of fused-ring (bicyclic) bond motifs is 1. The Kier molecular flexibility index (Phi) is 5.63. The van der Waals surface area contributed by atoms with Gasteiger partial charge in [-0.1, -0.05) is 35.9 Å². The van der Waals surface area contributed by atoms with Crippen LogP contribution in [0.1, 0.15) is 17.0 Å². The summed E-state index contributed by atoms with van der Waals surface area (Å²) in [5.41, 5.74) is 5.51. The Morgan fingerprint density at radius 1 is 1.13 bits per heavy atom. The fourth-order valence-corrected chi connectivity index (χ4v) is 4.92. The summed E-state index contributed by atoms with van der Waals surface area (Å²) < 4.78 is 25.3. The molecule has 7 nitrogen and oxygen atoms in total. The molecule has 1 amide bonds. The van der Waals surface area contributed by atoms with E-state index >= 15 is 0 Å². The first-order chi connectivity index (χ1) is 14.7. The van der Waals surface area contributed by atoms with Crippen molar-refractivity contribution in [3.8, 4) is 11.3 Å². The topological polar surface area (TPSA) is 94.0 Å². The molecule has 2 heterocycles. The van der Waals surface area contributed by atoms with Crippen molar-refractivity contribution in [2.24, 2.45) is 0 Å². The van der Waals surface area contributed by atoms with Crippen LogP contribution in [0.15, 0.2) is 47.8 Å². The number of hydrogen-bond acceptors (Lipinski definition) is 6. The summed E-state index contributed by atoms with van der Waals surface area (Å²) in [4.78, 5) is 21.7. The number of hydrogen-bond donors (Lipinski definition) is 1. The van der Waals surface area contributed by atoms with Crippen LogP contribution in [0.25, 0.3) is 22.3 Å². The smallest absolute Gasteiger partial charge is 0.246 e. The summed E-state index contributed by atoms with van der Waals surface area (Å²) in [5.74, 6) is -0.184. The molecule has 0 saturated heterocycles.